The van der Waals surface area contributed by atoms with Gasteiger partial charge in [0.25, 0.3) is 5.69 Å². The van der Waals surface area contributed by atoms with Crippen LogP contribution in [0.4, 0.5) is 5.69 Å². The Labute approximate surface area is 129 Å². The maximum atomic E-state index is 11.4. The minimum Gasteiger partial charge on any atom is -0.474 e. The Kier molecular flexibility index (Phi) is 3.41. The van der Waals surface area contributed by atoms with Gasteiger partial charge in [0.2, 0.25) is 5.88 Å². The van der Waals surface area contributed by atoms with Crippen molar-refractivity contribution in [1.82, 2.24) is 4.98 Å². The van der Waals surface area contributed by atoms with Crippen LogP contribution in [0.25, 0.3) is 0 Å². The highest BCUT2D eigenvalue weighted by atomic mass is 16.7. The van der Waals surface area contributed by atoms with Crippen LogP contribution in [0.15, 0.2) is 12.3 Å². The molecular formula is C14H19BN2O5. The zero-order valence-electron chi connectivity index (χ0n) is 13.2. The van der Waals surface area contributed by atoms with E-state index in [2.05, 4.69) is 4.98 Å². The fourth-order valence-corrected chi connectivity index (χ4v) is 2.17. The van der Waals surface area contributed by atoms with Crippen LogP contribution in [0.3, 0.4) is 0 Å². The van der Waals surface area contributed by atoms with Gasteiger partial charge >= 0.3 is 7.12 Å². The van der Waals surface area contributed by atoms with Gasteiger partial charge in [0, 0.05) is 6.20 Å². The van der Waals surface area contributed by atoms with Gasteiger partial charge in [-0.15, -0.1) is 0 Å². The molecule has 0 radical (unpaired) electrons. The van der Waals surface area contributed by atoms with E-state index in [9.17, 15) is 10.1 Å². The van der Waals surface area contributed by atoms with Gasteiger partial charge in [-0.3, -0.25) is 10.1 Å². The maximum Gasteiger partial charge on any atom is 0.503 e. The van der Waals surface area contributed by atoms with E-state index in [0.717, 1.165) is 12.8 Å². The number of pyridine rings is 1. The number of hydrogen-bond acceptors (Lipinski definition) is 6. The van der Waals surface area contributed by atoms with E-state index in [0.29, 0.717) is 5.46 Å². The van der Waals surface area contributed by atoms with E-state index in [4.69, 9.17) is 14.0 Å². The maximum absolute atomic E-state index is 11.4. The summed E-state index contributed by atoms with van der Waals surface area (Å²) in [6.07, 6.45) is 3.48. The standard InChI is InChI=1S/C14H19BN2O5/c1-13(2)14(3,4)22-15(21-13)10-8-16-12(20-9-5-6-9)7-11(10)17(18)19/h7-9H,5-6H2,1-4H3. The van der Waals surface area contributed by atoms with Crippen LogP contribution in [0.5, 0.6) is 5.88 Å². The van der Waals surface area contributed by atoms with Gasteiger partial charge in [0.05, 0.1) is 27.7 Å². The largest absolute Gasteiger partial charge is 0.503 e. The summed E-state index contributed by atoms with van der Waals surface area (Å²) in [7, 11) is -0.812. The highest BCUT2D eigenvalue weighted by Crippen LogP contribution is 2.37. The van der Waals surface area contributed by atoms with Crippen molar-refractivity contribution in [3.63, 3.8) is 0 Å². The number of nitrogens with zero attached hydrogens (tertiary/aromatic N) is 2. The average Bonchev–Trinajstić information content (AvgIpc) is 3.17. The summed E-state index contributed by atoms with van der Waals surface area (Å²) in [5.74, 6) is 0.273. The fraction of sp³-hybridized carbons (Fsp3) is 0.643. The number of nitro groups is 1. The summed E-state index contributed by atoms with van der Waals surface area (Å²) < 4.78 is 17.3. The van der Waals surface area contributed by atoms with Gasteiger partial charge in [-0.1, -0.05) is 0 Å². The van der Waals surface area contributed by atoms with Crippen molar-refractivity contribution in [3.8, 4) is 5.88 Å². The third-order valence-electron chi connectivity index (χ3n) is 4.40. The summed E-state index contributed by atoms with van der Waals surface area (Å²) in [6, 6.07) is 1.35. The van der Waals surface area contributed by atoms with Crippen molar-refractivity contribution in [3.05, 3.63) is 22.4 Å². The molecule has 0 amide bonds. The first kappa shape index (κ1) is 15.2. The first-order valence-electron chi connectivity index (χ1n) is 7.36. The molecule has 1 aromatic rings. The third-order valence-corrected chi connectivity index (χ3v) is 4.40. The second kappa shape index (κ2) is 4.92. The number of ether oxygens (including phenoxy) is 1. The Morgan fingerprint density at radius 3 is 2.41 bits per heavy atom. The van der Waals surface area contributed by atoms with Gasteiger partial charge in [0.15, 0.2) is 0 Å². The van der Waals surface area contributed by atoms with Crippen molar-refractivity contribution >= 4 is 18.3 Å². The van der Waals surface area contributed by atoms with Gasteiger partial charge < -0.3 is 14.0 Å². The monoisotopic (exact) mass is 306 g/mol. The minimum absolute atomic E-state index is 0.0934. The van der Waals surface area contributed by atoms with E-state index < -0.39 is 23.2 Å². The molecule has 3 rings (SSSR count). The molecule has 0 bridgehead atoms. The number of rotatable bonds is 4. The van der Waals surface area contributed by atoms with E-state index in [1.165, 1.54) is 12.3 Å². The van der Waals surface area contributed by atoms with Crippen LogP contribution in [-0.2, 0) is 9.31 Å². The minimum atomic E-state index is -0.812. The van der Waals surface area contributed by atoms with Crippen molar-refractivity contribution in [2.75, 3.05) is 0 Å². The molecule has 0 aromatic carbocycles. The summed E-state index contributed by atoms with van der Waals surface area (Å²) in [6.45, 7) is 7.60. The molecule has 2 fully saturated rings. The second-order valence-corrected chi connectivity index (χ2v) is 6.74. The highest BCUT2D eigenvalue weighted by molar-refractivity contribution is 6.63. The predicted octanol–water partition coefficient (Wildman–Crippen LogP) is 1.83. The third kappa shape index (κ3) is 2.68. The molecule has 7 nitrogen and oxygen atoms in total. The lowest BCUT2D eigenvalue weighted by atomic mass is 9.79. The molecule has 1 saturated carbocycles. The van der Waals surface area contributed by atoms with Crippen LogP contribution in [0.2, 0.25) is 0 Å². The lowest BCUT2D eigenvalue weighted by molar-refractivity contribution is -0.383. The van der Waals surface area contributed by atoms with Crippen LogP contribution in [-0.4, -0.2) is 34.3 Å². The second-order valence-electron chi connectivity index (χ2n) is 6.74. The molecule has 8 heteroatoms. The molecule has 0 N–H and O–H groups in total. The van der Waals surface area contributed by atoms with E-state index in [1.807, 2.05) is 27.7 Å². The molecule has 2 heterocycles. The SMILES string of the molecule is CC1(C)OB(c2cnc(OC3CC3)cc2[N+](=O)[O-])OC1(C)C. The Morgan fingerprint density at radius 1 is 1.32 bits per heavy atom. The quantitative estimate of drug-likeness (QED) is 0.479. The Bertz CT molecular complexity index is 599. The van der Waals surface area contributed by atoms with Crippen molar-refractivity contribution in [2.45, 2.75) is 57.8 Å². The lowest BCUT2D eigenvalue weighted by Crippen LogP contribution is -2.41. The molecule has 22 heavy (non-hydrogen) atoms. The zero-order valence-corrected chi connectivity index (χ0v) is 13.2. The van der Waals surface area contributed by atoms with Crippen molar-refractivity contribution in [2.24, 2.45) is 0 Å². The van der Waals surface area contributed by atoms with Crippen LogP contribution >= 0.6 is 0 Å². The smallest absolute Gasteiger partial charge is 0.474 e. The molecule has 0 unspecified atom stereocenters. The van der Waals surface area contributed by atoms with Crippen LogP contribution < -0.4 is 10.2 Å². The topological polar surface area (TPSA) is 83.7 Å². The molecule has 1 aliphatic carbocycles. The Morgan fingerprint density at radius 2 is 1.91 bits per heavy atom. The molecule has 1 saturated heterocycles. The lowest BCUT2D eigenvalue weighted by Gasteiger charge is -2.32. The highest BCUT2D eigenvalue weighted by Gasteiger charge is 2.53. The molecule has 1 aliphatic heterocycles. The molecular weight excluding hydrogens is 287 g/mol. The van der Waals surface area contributed by atoms with E-state index >= 15 is 0 Å². The van der Waals surface area contributed by atoms with Gasteiger partial charge in [0.1, 0.15) is 6.10 Å². The summed E-state index contributed by atoms with van der Waals surface area (Å²) in [5, 5.41) is 11.4. The summed E-state index contributed by atoms with van der Waals surface area (Å²) in [4.78, 5) is 15.1. The number of aromatic nitrogens is 1. The van der Waals surface area contributed by atoms with Crippen LogP contribution in [0.1, 0.15) is 40.5 Å². The molecule has 118 valence electrons. The van der Waals surface area contributed by atoms with Gasteiger partial charge in [-0.25, -0.2) is 4.98 Å². The molecule has 0 spiro atoms. The Balaban J connectivity index is 1.91. The normalized spacial score (nSPS) is 22.6. The number of hydrogen-bond donors (Lipinski definition) is 0. The zero-order chi connectivity index (χ0) is 16.1. The van der Waals surface area contributed by atoms with E-state index in [-0.39, 0.29) is 17.7 Å². The molecule has 0 atom stereocenters. The molecule has 1 aromatic heterocycles. The van der Waals surface area contributed by atoms with Gasteiger partial charge in [-0.2, -0.15) is 0 Å². The van der Waals surface area contributed by atoms with Crippen molar-refractivity contribution in [1.29, 1.82) is 0 Å². The summed E-state index contributed by atoms with van der Waals surface area (Å²) >= 11 is 0. The first-order chi connectivity index (χ1) is 10.2. The average molecular weight is 306 g/mol. The van der Waals surface area contributed by atoms with E-state index in [1.54, 1.807) is 0 Å². The summed E-state index contributed by atoms with van der Waals surface area (Å²) in [5.41, 5.74) is -0.903. The Hall–Kier alpha value is -1.67. The van der Waals surface area contributed by atoms with Crippen molar-refractivity contribution < 1.29 is 19.0 Å². The van der Waals surface area contributed by atoms with Gasteiger partial charge in [-0.05, 0) is 40.5 Å². The fourth-order valence-electron chi connectivity index (χ4n) is 2.17. The van der Waals surface area contributed by atoms with Crippen LogP contribution in [0, 0.1) is 10.1 Å². The molecule has 2 aliphatic rings. The predicted molar refractivity (Wildman–Crippen MR) is 80.3 cm³/mol. The first-order valence-corrected chi connectivity index (χ1v) is 7.36.